The molecule has 1 aromatic carbocycles. The Morgan fingerprint density at radius 2 is 2.04 bits per heavy atom. The minimum absolute atomic E-state index is 0.119. The summed E-state index contributed by atoms with van der Waals surface area (Å²) in [7, 11) is 0. The maximum Gasteiger partial charge on any atom is 0.408 e. The lowest BCUT2D eigenvalue weighted by molar-refractivity contribution is -0.158. The molecule has 1 aliphatic rings. The number of alkyl halides is 3. The molecular weight excluding hydrogens is 376 g/mol. The van der Waals surface area contributed by atoms with Crippen LogP contribution in [0, 0.1) is 18.7 Å². The number of fused-ring (bicyclic) bond motifs is 1. The fraction of sp³-hybridized carbons (Fsp3) is 0.316. The Kier molecular flexibility index (Phi) is 4.32. The van der Waals surface area contributed by atoms with E-state index in [2.05, 4.69) is 15.3 Å². The number of aromatic nitrogens is 3. The molecule has 4 rings (SSSR count). The van der Waals surface area contributed by atoms with Gasteiger partial charge in [-0.25, -0.2) is 14.4 Å². The summed E-state index contributed by atoms with van der Waals surface area (Å²) in [5.41, 5.74) is 1.47. The van der Waals surface area contributed by atoms with Crippen LogP contribution in [0.1, 0.15) is 29.0 Å². The van der Waals surface area contributed by atoms with E-state index in [4.69, 9.17) is 0 Å². The molecule has 0 radical (unpaired) electrons. The number of aryl methyl sites for hydroxylation is 1. The van der Waals surface area contributed by atoms with Crippen molar-refractivity contribution in [3.63, 3.8) is 0 Å². The molecule has 0 spiro atoms. The number of benzene rings is 1. The molecule has 0 bridgehead atoms. The third kappa shape index (κ3) is 3.44. The predicted molar refractivity (Wildman–Crippen MR) is 93.2 cm³/mol. The van der Waals surface area contributed by atoms with Gasteiger partial charge in [-0.1, -0.05) is 12.1 Å². The van der Waals surface area contributed by atoms with E-state index in [1.165, 1.54) is 28.9 Å². The van der Waals surface area contributed by atoms with Gasteiger partial charge in [-0.05, 0) is 43.9 Å². The molecule has 2 heterocycles. The van der Waals surface area contributed by atoms with Crippen LogP contribution in [-0.2, 0) is 0 Å². The molecule has 1 N–H and O–H groups in total. The number of nitrogens with one attached hydrogen (secondary N) is 1. The van der Waals surface area contributed by atoms with E-state index in [1.54, 1.807) is 19.1 Å². The summed E-state index contributed by atoms with van der Waals surface area (Å²) in [6.45, 7) is 1.74. The fourth-order valence-corrected chi connectivity index (χ4v) is 3.18. The van der Waals surface area contributed by atoms with Gasteiger partial charge < -0.3 is 5.32 Å². The van der Waals surface area contributed by atoms with Crippen molar-refractivity contribution in [3.05, 3.63) is 53.9 Å². The summed E-state index contributed by atoms with van der Waals surface area (Å²) >= 11 is 0. The molecule has 1 saturated carbocycles. The smallest absolute Gasteiger partial charge is 0.339 e. The van der Waals surface area contributed by atoms with Crippen LogP contribution < -0.4 is 5.32 Å². The van der Waals surface area contributed by atoms with Gasteiger partial charge in [0.2, 0.25) is 0 Å². The molecular formula is C19H16F4N4O. The summed E-state index contributed by atoms with van der Waals surface area (Å²) in [6, 6.07) is 5.56. The lowest BCUT2D eigenvalue weighted by Gasteiger charge is -2.20. The molecule has 1 amide bonds. The Morgan fingerprint density at radius 1 is 1.29 bits per heavy atom. The topological polar surface area (TPSA) is 59.3 Å². The van der Waals surface area contributed by atoms with E-state index >= 15 is 0 Å². The average molecular weight is 392 g/mol. The van der Waals surface area contributed by atoms with E-state index in [9.17, 15) is 22.4 Å². The maximum absolute atomic E-state index is 13.5. The molecule has 9 heteroatoms. The van der Waals surface area contributed by atoms with Gasteiger partial charge >= 0.3 is 6.18 Å². The molecule has 1 aliphatic carbocycles. The van der Waals surface area contributed by atoms with Crippen LogP contribution in [0.4, 0.5) is 17.6 Å². The minimum Gasteiger partial charge on any atom is -0.339 e. The lowest BCUT2D eigenvalue weighted by Crippen LogP contribution is -2.47. The Hall–Kier alpha value is -2.97. The van der Waals surface area contributed by atoms with Crippen molar-refractivity contribution < 1.29 is 22.4 Å². The first-order chi connectivity index (χ1) is 13.2. The SMILES string of the molecule is Cc1cc(-c2cccc(F)c2)nc2c(C(=O)NC(C3CC3)C(F)(F)F)ncn12. The molecule has 0 aliphatic heterocycles. The number of hydrogen-bond acceptors (Lipinski definition) is 3. The minimum atomic E-state index is -4.53. The zero-order valence-electron chi connectivity index (χ0n) is 14.8. The fourth-order valence-electron chi connectivity index (χ4n) is 3.18. The standard InChI is InChI=1S/C19H16F4N4O/c1-10-7-14(12-3-2-4-13(20)8-12)25-17-15(24-9-27(10)17)18(28)26-16(11-5-6-11)19(21,22)23/h2-4,7-9,11,16H,5-6H2,1H3,(H,26,28). The molecule has 2 aromatic heterocycles. The van der Waals surface area contributed by atoms with Gasteiger partial charge in [0.1, 0.15) is 18.2 Å². The molecule has 5 nitrogen and oxygen atoms in total. The Labute approximate surface area is 157 Å². The second kappa shape index (κ2) is 6.57. The highest BCUT2D eigenvalue weighted by molar-refractivity contribution is 5.98. The van der Waals surface area contributed by atoms with Crippen LogP contribution in [0.3, 0.4) is 0 Å². The summed E-state index contributed by atoms with van der Waals surface area (Å²) in [5.74, 6) is -1.98. The van der Waals surface area contributed by atoms with Crippen molar-refractivity contribution in [3.8, 4) is 11.3 Å². The predicted octanol–water partition coefficient (Wildman–Crippen LogP) is 3.91. The maximum atomic E-state index is 13.5. The molecule has 1 unspecified atom stereocenters. The van der Waals surface area contributed by atoms with Gasteiger partial charge in [0.15, 0.2) is 11.3 Å². The van der Waals surface area contributed by atoms with Gasteiger partial charge in [0.05, 0.1) is 5.69 Å². The van der Waals surface area contributed by atoms with Crippen molar-refractivity contribution in [2.75, 3.05) is 0 Å². The van der Waals surface area contributed by atoms with E-state index in [0.29, 0.717) is 29.8 Å². The van der Waals surface area contributed by atoms with Crippen molar-refractivity contribution in [1.29, 1.82) is 0 Å². The summed E-state index contributed by atoms with van der Waals surface area (Å²) in [4.78, 5) is 20.9. The number of carbonyl (C=O) groups excluding carboxylic acids is 1. The highest BCUT2D eigenvalue weighted by Crippen LogP contribution is 2.40. The Balaban J connectivity index is 1.72. The van der Waals surface area contributed by atoms with Crippen LogP contribution >= 0.6 is 0 Å². The molecule has 1 atom stereocenters. The number of rotatable bonds is 4. The van der Waals surface area contributed by atoms with Gasteiger partial charge in [-0.15, -0.1) is 0 Å². The van der Waals surface area contributed by atoms with E-state index in [1.807, 2.05) is 0 Å². The van der Waals surface area contributed by atoms with Crippen molar-refractivity contribution in [2.45, 2.75) is 32.0 Å². The highest BCUT2D eigenvalue weighted by Gasteiger charge is 2.50. The third-order valence-electron chi connectivity index (χ3n) is 4.76. The number of imidazole rings is 1. The molecule has 28 heavy (non-hydrogen) atoms. The van der Waals surface area contributed by atoms with Crippen LogP contribution in [-0.4, -0.2) is 32.5 Å². The Morgan fingerprint density at radius 3 is 2.68 bits per heavy atom. The Bertz CT molecular complexity index is 1060. The molecule has 3 aromatic rings. The normalized spacial score (nSPS) is 15.6. The van der Waals surface area contributed by atoms with Crippen LogP contribution in [0.25, 0.3) is 16.9 Å². The summed E-state index contributed by atoms with van der Waals surface area (Å²) < 4.78 is 54.7. The van der Waals surface area contributed by atoms with Gasteiger partial charge in [0.25, 0.3) is 5.91 Å². The lowest BCUT2D eigenvalue weighted by atomic mass is 10.1. The quantitative estimate of drug-likeness (QED) is 0.685. The first kappa shape index (κ1) is 18.4. The second-order valence-electron chi connectivity index (χ2n) is 6.91. The number of halogens is 4. The van der Waals surface area contributed by atoms with Crippen molar-refractivity contribution in [1.82, 2.24) is 19.7 Å². The number of carbonyl (C=O) groups is 1. The first-order valence-electron chi connectivity index (χ1n) is 8.72. The van der Waals surface area contributed by atoms with Gasteiger partial charge in [0, 0.05) is 11.3 Å². The largest absolute Gasteiger partial charge is 0.408 e. The molecule has 0 saturated heterocycles. The van der Waals surface area contributed by atoms with Crippen LogP contribution in [0.2, 0.25) is 0 Å². The summed E-state index contributed by atoms with van der Waals surface area (Å²) in [6.07, 6.45) is -2.34. The van der Waals surface area contributed by atoms with E-state index < -0.39 is 29.9 Å². The number of nitrogens with zero attached hydrogens (tertiary/aromatic N) is 3. The zero-order chi connectivity index (χ0) is 20.1. The molecule has 146 valence electrons. The van der Waals surface area contributed by atoms with Crippen molar-refractivity contribution in [2.24, 2.45) is 5.92 Å². The molecule has 1 fully saturated rings. The van der Waals surface area contributed by atoms with Crippen molar-refractivity contribution >= 4 is 11.6 Å². The van der Waals surface area contributed by atoms with Gasteiger partial charge in [-0.3, -0.25) is 9.20 Å². The third-order valence-corrected chi connectivity index (χ3v) is 4.76. The monoisotopic (exact) mass is 392 g/mol. The van der Waals surface area contributed by atoms with E-state index in [-0.39, 0.29) is 11.3 Å². The van der Waals surface area contributed by atoms with Crippen LogP contribution in [0.15, 0.2) is 36.7 Å². The number of hydrogen-bond donors (Lipinski definition) is 1. The highest BCUT2D eigenvalue weighted by atomic mass is 19.4. The number of amides is 1. The van der Waals surface area contributed by atoms with E-state index in [0.717, 1.165) is 0 Å². The summed E-state index contributed by atoms with van der Waals surface area (Å²) in [5, 5.41) is 2.06. The average Bonchev–Trinajstić information content (AvgIpc) is 3.36. The van der Waals surface area contributed by atoms with Gasteiger partial charge in [-0.2, -0.15) is 13.2 Å². The zero-order valence-corrected chi connectivity index (χ0v) is 14.8. The first-order valence-corrected chi connectivity index (χ1v) is 8.72. The van der Waals surface area contributed by atoms with Crippen LogP contribution in [0.5, 0.6) is 0 Å². The second-order valence-corrected chi connectivity index (χ2v) is 6.91.